The van der Waals surface area contributed by atoms with Gasteiger partial charge in [-0.3, -0.25) is 4.79 Å². The van der Waals surface area contributed by atoms with E-state index in [9.17, 15) is 13.6 Å². The van der Waals surface area contributed by atoms with Crippen molar-refractivity contribution in [3.63, 3.8) is 0 Å². The summed E-state index contributed by atoms with van der Waals surface area (Å²) in [7, 11) is 0. The molecule has 0 spiro atoms. The van der Waals surface area contributed by atoms with E-state index < -0.39 is 12.5 Å². The van der Waals surface area contributed by atoms with Gasteiger partial charge in [0.2, 0.25) is 0 Å². The lowest BCUT2D eigenvalue weighted by Crippen LogP contribution is -2.16. The summed E-state index contributed by atoms with van der Waals surface area (Å²) in [5.41, 5.74) is 2.52. The van der Waals surface area contributed by atoms with Crippen molar-refractivity contribution in [2.45, 2.75) is 6.61 Å². The van der Waals surface area contributed by atoms with E-state index in [4.69, 9.17) is 4.42 Å². The van der Waals surface area contributed by atoms with Crippen LogP contribution in [0.1, 0.15) is 16.1 Å². The number of hydrogen-bond acceptors (Lipinski definition) is 4. The Bertz CT molecular complexity index is 597. The van der Waals surface area contributed by atoms with Gasteiger partial charge in [0.25, 0.3) is 0 Å². The highest BCUT2D eigenvalue weighted by atomic mass is 19.3. The average molecular weight is 280 g/mol. The van der Waals surface area contributed by atoms with Crippen LogP contribution in [0.5, 0.6) is 5.75 Å². The first kappa shape index (κ1) is 13.7. The molecule has 1 N–H and O–H groups in total. The third kappa shape index (κ3) is 3.64. The topological polar surface area (TPSA) is 63.8 Å². The van der Waals surface area contributed by atoms with E-state index >= 15 is 0 Å². The number of ether oxygens (including phenoxy) is 1. The van der Waals surface area contributed by atoms with Crippen LogP contribution in [0.25, 0.3) is 0 Å². The Labute approximate surface area is 112 Å². The predicted molar refractivity (Wildman–Crippen MR) is 66.8 cm³/mol. The number of hydrazone groups is 1. The molecule has 0 unspecified atom stereocenters. The molecule has 0 aliphatic carbocycles. The van der Waals surface area contributed by atoms with Crippen molar-refractivity contribution in [1.29, 1.82) is 0 Å². The molecule has 0 aliphatic rings. The van der Waals surface area contributed by atoms with Crippen LogP contribution < -0.4 is 10.2 Å². The predicted octanol–water partition coefficient (Wildman–Crippen LogP) is 2.64. The molecule has 0 saturated carbocycles. The number of nitrogens with one attached hydrogen (secondary N) is 1. The fraction of sp³-hybridized carbons (Fsp3) is 0.0769. The number of carbonyl (C=O) groups excluding carboxylic acids is 1. The first-order chi connectivity index (χ1) is 9.66. The lowest BCUT2D eigenvalue weighted by molar-refractivity contribution is -0.0499. The lowest BCUT2D eigenvalue weighted by atomic mass is 10.2. The molecule has 20 heavy (non-hydrogen) atoms. The van der Waals surface area contributed by atoms with E-state index in [1.165, 1.54) is 30.7 Å². The van der Waals surface area contributed by atoms with Crippen LogP contribution in [0.4, 0.5) is 8.78 Å². The normalized spacial score (nSPS) is 10.9. The zero-order chi connectivity index (χ0) is 14.4. The second-order valence-electron chi connectivity index (χ2n) is 3.59. The van der Waals surface area contributed by atoms with Gasteiger partial charge >= 0.3 is 12.5 Å². The monoisotopic (exact) mass is 280 g/mol. The molecule has 1 heterocycles. The van der Waals surface area contributed by atoms with E-state index in [-0.39, 0.29) is 11.5 Å². The molecule has 2 aromatic rings. The van der Waals surface area contributed by atoms with Gasteiger partial charge in [0.1, 0.15) is 5.75 Å². The molecule has 5 nitrogen and oxygen atoms in total. The van der Waals surface area contributed by atoms with Gasteiger partial charge in [-0.1, -0.05) is 12.1 Å². The van der Waals surface area contributed by atoms with Crippen LogP contribution in [0, 0.1) is 0 Å². The van der Waals surface area contributed by atoms with Crippen molar-refractivity contribution in [2.75, 3.05) is 0 Å². The number of carbonyl (C=O) groups is 1. The number of amides is 1. The second kappa shape index (κ2) is 6.46. The maximum Gasteiger partial charge on any atom is 0.387 e. The highest BCUT2D eigenvalue weighted by Gasteiger charge is 2.08. The van der Waals surface area contributed by atoms with Gasteiger partial charge < -0.3 is 9.15 Å². The Kier molecular flexibility index (Phi) is 4.43. The molecule has 1 aromatic heterocycles. The second-order valence-corrected chi connectivity index (χ2v) is 3.59. The molecule has 2 rings (SSSR count). The molecule has 7 heteroatoms. The summed E-state index contributed by atoms with van der Waals surface area (Å²) < 4.78 is 33.6. The first-order valence-electron chi connectivity index (χ1n) is 5.57. The van der Waals surface area contributed by atoms with Gasteiger partial charge in [-0.2, -0.15) is 13.9 Å². The number of rotatable bonds is 5. The number of furan rings is 1. The number of hydrogen-bond donors (Lipinski definition) is 1. The third-order valence-electron chi connectivity index (χ3n) is 2.25. The minimum Gasteiger partial charge on any atom is -0.459 e. The van der Waals surface area contributed by atoms with Gasteiger partial charge in [0.15, 0.2) is 5.76 Å². The number of para-hydroxylation sites is 1. The average Bonchev–Trinajstić information content (AvgIpc) is 2.94. The summed E-state index contributed by atoms with van der Waals surface area (Å²) in [4.78, 5) is 11.5. The largest absolute Gasteiger partial charge is 0.459 e. The first-order valence-corrected chi connectivity index (χ1v) is 5.57. The Hall–Kier alpha value is -2.70. The van der Waals surface area contributed by atoms with Gasteiger partial charge in [0, 0.05) is 5.56 Å². The van der Waals surface area contributed by atoms with Crippen LogP contribution in [0.2, 0.25) is 0 Å². The molecule has 0 radical (unpaired) electrons. The Balaban J connectivity index is 2.02. The van der Waals surface area contributed by atoms with Gasteiger partial charge in [-0.25, -0.2) is 5.43 Å². The fourth-order valence-electron chi connectivity index (χ4n) is 1.41. The Morgan fingerprint density at radius 3 is 2.80 bits per heavy atom. The van der Waals surface area contributed by atoms with Gasteiger partial charge in [-0.05, 0) is 24.3 Å². The quantitative estimate of drug-likeness (QED) is 0.676. The zero-order valence-electron chi connectivity index (χ0n) is 10.1. The van der Waals surface area contributed by atoms with Crippen LogP contribution in [-0.4, -0.2) is 18.7 Å². The minimum atomic E-state index is -2.93. The number of halogens is 2. The van der Waals surface area contributed by atoms with Crippen molar-refractivity contribution in [1.82, 2.24) is 5.43 Å². The highest BCUT2D eigenvalue weighted by Crippen LogP contribution is 2.18. The van der Waals surface area contributed by atoms with E-state index in [1.54, 1.807) is 18.2 Å². The van der Waals surface area contributed by atoms with E-state index in [2.05, 4.69) is 15.3 Å². The van der Waals surface area contributed by atoms with Crippen molar-refractivity contribution < 1.29 is 22.7 Å². The van der Waals surface area contributed by atoms with Crippen LogP contribution >= 0.6 is 0 Å². The summed E-state index contributed by atoms with van der Waals surface area (Å²) in [6.45, 7) is -2.93. The molecule has 104 valence electrons. The molecule has 0 saturated heterocycles. The maximum atomic E-state index is 12.2. The molecular formula is C13H10F2N2O3. The molecule has 1 aromatic carbocycles. The van der Waals surface area contributed by atoms with Crippen molar-refractivity contribution in [3.8, 4) is 5.75 Å². The summed E-state index contributed by atoms with van der Waals surface area (Å²) in [5, 5.41) is 3.66. The SMILES string of the molecule is O=C(N/N=C\c1ccccc1OC(F)F)c1ccco1. The molecule has 0 fully saturated rings. The van der Waals surface area contributed by atoms with Crippen LogP contribution in [-0.2, 0) is 0 Å². The van der Waals surface area contributed by atoms with E-state index in [1.807, 2.05) is 0 Å². The number of nitrogens with zero attached hydrogens (tertiary/aromatic N) is 1. The minimum absolute atomic E-state index is 0.0292. The molecule has 0 bridgehead atoms. The van der Waals surface area contributed by atoms with Crippen molar-refractivity contribution in [2.24, 2.45) is 5.10 Å². The van der Waals surface area contributed by atoms with E-state index in [0.29, 0.717) is 5.56 Å². The molecule has 0 aliphatic heterocycles. The van der Waals surface area contributed by atoms with Crippen molar-refractivity contribution >= 4 is 12.1 Å². The third-order valence-corrected chi connectivity index (χ3v) is 2.25. The van der Waals surface area contributed by atoms with Gasteiger partial charge in [0.05, 0.1) is 12.5 Å². The highest BCUT2D eigenvalue weighted by molar-refractivity contribution is 5.92. The zero-order valence-corrected chi connectivity index (χ0v) is 10.1. The smallest absolute Gasteiger partial charge is 0.387 e. The standard InChI is InChI=1S/C13H10F2N2O3/c14-13(15)20-10-5-2-1-4-9(10)8-16-17-12(18)11-6-3-7-19-11/h1-8,13H,(H,17,18)/b16-8-. The summed E-state index contributed by atoms with van der Waals surface area (Å²) in [5.74, 6) is -0.476. The summed E-state index contributed by atoms with van der Waals surface area (Å²) >= 11 is 0. The van der Waals surface area contributed by atoms with Crippen LogP contribution in [0.3, 0.4) is 0 Å². The van der Waals surface area contributed by atoms with E-state index in [0.717, 1.165) is 0 Å². The molecular weight excluding hydrogens is 270 g/mol. The Morgan fingerprint density at radius 1 is 1.30 bits per heavy atom. The van der Waals surface area contributed by atoms with Crippen molar-refractivity contribution in [3.05, 3.63) is 54.0 Å². The number of benzene rings is 1. The fourth-order valence-corrected chi connectivity index (χ4v) is 1.41. The molecule has 0 atom stereocenters. The van der Waals surface area contributed by atoms with Crippen LogP contribution in [0.15, 0.2) is 52.2 Å². The maximum absolute atomic E-state index is 12.2. The molecule has 1 amide bonds. The summed E-state index contributed by atoms with van der Waals surface area (Å²) in [6.07, 6.45) is 2.56. The summed E-state index contributed by atoms with van der Waals surface area (Å²) in [6, 6.07) is 9.12. The Morgan fingerprint density at radius 2 is 2.10 bits per heavy atom. The van der Waals surface area contributed by atoms with Gasteiger partial charge in [-0.15, -0.1) is 0 Å². The number of alkyl halides is 2. The lowest BCUT2D eigenvalue weighted by Gasteiger charge is -2.06.